The molecule has 0 aliphatic heterocycles. The van der Waals surface area contributed by atoms with E-state index in [1.807, 2.05) is 12.1 Å². The van der Waals surface area contributed by atoms with Crippen molar-refractivity contribution >= 4 is 5.96 Å². The SMILES string of the molecule is CCNC(=NCc1ccccc1C)NCCCc1nc(C(C)C)no1. The molecule has 2 rings (SSSR count). The molecule has 0 aliphatic rings. The molecular formula is C19H29N5O. The number of rotatable bonds is 8. The summed E-state index contributed by atoms with van der Waals surface area (Å²) in [4.78, 5) is 9.06. The molecule has 25 heavy (non-hydrogen) atoms. The van der Waals surface area contributed by atoms with Gasteiger partial charge in [-0.15, -0.1) is 0 Å². The molecule has 2 aromatic rings. The number of guanidine groups is 1. The van der Waals surface area contributed by atoms with Crippen molar-refractivity contribution in [3.05, 3.63) is 47.1 Å². The predicted octanol–water partition coefficient (Wildman–Crippen LogP) is 3.19. The van der Waals surface area contributed by atoms with Crippen LogP contribution in [0.5, 0.6) is 0 Å². The lowest BCUT2D eigenvalue weighted by atomic mass is 10.1. The van der Waals surface area contributed by atoms with Crippen LogP contribution in [0.3, 0.4) is 0 Å². The highest BCUT2D eigenvalue weighted by molar-refractivity contribution is 5.79. The molecule has 0 spiro atoms. The summed E-state index contributed by atoms with van der Waals surface area (Å²) < 4.78 is 5.26. The molecule has 0 aliphatic carbocycles. The van der Waals surface area contributed by atoms with E-state index in [0.717, 1.165) is 37.7 Å². The molecule has 0 saturated heterocycles. The molecule has 1 heterocycles. The van der Waals surface area contributed by atoms with Crippen molar-refractivity contribution in [3.8, 4) is 0 Å². The second kappa shape index (κ2) is 9.81. The van der Waals surface area contributed by atoms with E-state index >= 15 is 0 Å². The Morgan fingerprint density at radius 2 is 2.04 bits per heavy atom. The lowest BCUT2D eigenvalue weighted by molar-refractivity contribution is 0.368. The van der Waals surface area contributed by atoms with Gasteiger partial charge in [-0.25, -0.2) is 4.99 Å². The van der Waals surface area contributed by atoms with Crippen LogP contribution in [0.4, 0.5) is 0 Å². The zero-order chi connectivity index (χ0) is 18.1. The lowest BCUT2D eigenvalue weighted by Crippen LogP contribution is -2.37. The Morgan fingerprint density at radius 3 is 2.72 bits per heavy atom. The highest BCUT2D eigenvalue weighted by atomic mass is 16.5. The van der Waals surface area contributed by atoms with Crippen LogP contribution in [0.25, 0.3) is 0 Å². The van der Waals surface area contributed by atoms with Crippen molar-refractivity contribution in [1.29, 1.82) is 0 Å². The van der Waals surface area contributed by atoms with Crippen LogP contribution in [0.15, 0.2) is 33.8 Å². The molecule has 0 radical (unpaired) electrons. The van der Waals surface area contributed by atoms with E-state index in [1.165, 1.54) is 11.1 Å². The number of hydrogen-bond acceptors (Lipinski definition) is 4. The third-order valence-electron chi connectivity index (χ3n) is 3.87. The van der Waals surface area contributed by atoms with Gasteiger partial charge in [-0.1, -0.05) is 43.3 Å². The Balaban J connectivity index is 1.80. The number of hydrogen-bond donors (Lipinski definition) is 2. The Hall–Kier alpha value is -2.37. The summed E-state index contributed by atoms with van der Waals surface area (Å²) in [7, 11) is 0. The summed E-state index contributed by atoms with van der Waals surface area (Å²) >= 11 is 0. The molecule has 1 aromatic heterocycles. The van der Waals surface area contributed by atoms with Gasteiger partial charge in [0, 0.05) is 25.4 Å². The summed E-state index contributed by atoms with van der Waals surface area (Å²) in [5, 5.41) is 10.6. The van der Waals surface area contributed by atoms with Crippen LogP contribution in [0.1, 0.15) is 56.0 Å². The average molecular weight is 343 g/mol. The van der Waals surface area contributed by atoms with E-state index in [0.29, 0.717) is 18.4 Å². The average Bonchev–Trinajstić information content (AvgIpc) is 3.07. The topological polar surface area (TPSA) is 75.3 Å². The molecular weight excluding hydrogens is 314 g/mol. The number of benzene rings is 1. The maximum absolute atomic E-state index is 5.26. The molecule has 0 bridgehead atoms. The predicted molar refractivity (Wildman–Crippen MR) is 101 cm³/mol. The summed E-state index contributed by atoms with van der Waals surface area (Å²) in [6.07, 6.45) is 1.68. The maximum atomic E-state index is 5.26. The van der Waals surface area contributed by atoms with Crippen LogP contribution in [0, 0.1) is 6.92 Å². The van der Waals surface area contributed by atoms with Gasteiger partial charge in [0.15, 0.2) is 11.8 Å². The molecule has 0 fully saturated rings. The van der Waals surface area contributed by atoms with E-state index < -0.39 is 0 Å². The normalized spacial score (nSPS) is 11.8. The second-order valence-corrected chi connectivity index (χ2v) is 6.35. The van der Waals surface area contributed by atoms with Crippen LogP contribution in [-0.2, 0) is 13.0 Å². The largest absolute Gasteiger partial charge is 0.357 e. The number of aryl methyl sites for hydroxylation is 2. The van der Waals surface area contributed by atoms with Crippen molar-refractivity contribution in [2.24, 2.45) is 4.99 Å². The van der Waals surface area contributed by atoms with Crippen LogP contribution in [0.2, 0.25) is 0 Å². The smallest absolute Gasteiger partial charge is 0.226 e. The van der Waals surface area contributed by atoms with Crippen LogP contribution < -0.4 is 10.6 Å². The van der Waals surface area contributed by atoms with Gasteiger partial charge >= 0.3 is 0 Å². The van der Waals surface area contributed by atoms with Gasteiger partial charge in [0.1, 0.15) is 0 Å². The van der Waals surface area contributed by atoms with Gasteiger partial charge in [-0.3, -0.25) is 0 Å². The van der Waals surface area contributed by atoms with E-state index in [1.54, 1.807) is 0 Å². The highest BCUT2D eigenvalue weighted by Gasteiger charge is 2.09. The molecule has 136 valence electrons. The Labute approximate surface area is 150 Å². The third kappa shape index (κ3) is 6.21. The standard InChI is InChI=1S/C19H29N5O/c1-5-20-19(22-13-16-10-7-6-9-15(16)4)21-12-8-11-17-23-18(14(2)3)24-25-17/h6-7,9-10,14H,5,8,11-13H2,1-4H3,(H2,20,21,22). The zero-order valence-corrected chi connectivity index (χ0v) is 15.7. The van der Waals surface area contributed by atoms with Crippen LogP contribution >= 0.6 is 0 Å². The minimum absolute atomic E-state index is 0.296. The highest BCUT2D eigenvalue weighted by Crippen LogP contribution is 2.10. The number of aromatic nitrogens is 2. The van der Waals surface area contributed by atoms with Crippen molar-refractivity contribution in [1.82, 2.24) is 20.8 Å². The van der Waals surface area contributed by atoms with Crippen molar-refractivity contribution < 1.29 is 4.52 Å². The van der Waals surface area contributed by atoms with Crippen molar-refractivity contribution in [3.63, 3.8) is 0 Å². The fraction of sp³-hybridized carbons (Fsp3) is 0.526. The molecule has 0 saturated carbocycles. The van der Waals surface area contributed by atoms with Crippen molar-refractivity contribution in [2.75, 3.05) is 13.1 Å². The first-order valence-electron chi connectivity index (χ1n) is 8.99. The van der Waals surface area contributed by atoms with E-state index in [2.05, 4.69) is 65.6 Å². The third-order valence-corrected chi connectivity index (χ3v) is 3.87. The van der Waals surface area contributed by atoms with Gasteiger partial charge in [0.05, 0.1) is 6.54 Å². The molecule has 0 unspecified atom stereocenters. The second-order valence-electron chi connectivity index (χ2n) is 6.35. The summed E-state index contributed by atoms with van der Waals surface area (Å²) in [6, 6.07) is 8.33. The zero-order valence-electron chi connectivity index (χ0n) is 15.7. The summed E-state index contributed by atoms with van der Waals surface area (Å²) in [6.45, 7) is 10.6. The Morgan fingerprint density at radius 1 is 1.24 bits per heavy atom. The first-order chi connectivity index (χ1) is 12.1. The molecule has 6 heteroatoms. The lowest BCUT2D eigenvalue weighted by Gasteiger charge is -2.11. The fourth-order valence-electron chi connectivity index (χ4n) is 2.34. The summed E-state index contributed by atoms with van der Waals surface area (Å²) in [5.41, 5.74) is 2.51. The van der Waals surface area contributed by atoms with E-state index in [9.17, 15) is 0 Å². The first kappa shape index (κ1) is 19.0. The van der Waals surface area contributed by atoms with Crippen LogP contribution in [-0.4, -0.2) is 29.2 Å². The van der Waals surface area contributed by atoms with E-state index in [4.69, 9.17) is 4.52 Å². The molecule has 0 amide bonds. The van der Waals surface area contributed by atoms with Gasteiger partial charge in [-0.05, 0) is 31.4 Å². The van der Waals surface area contributed by atoms with Crippen molar-refractivity contribution in [2.45, 2.75) is 53.0 Å². The Kier molecular flexibility index (Phi) is 7.44. The minimum atomic E-state index is 0.296. The van der Waals surface area contributed by atoms with E-state index in [-0.39, 0.29) is 0 Å². The monoisotopic (exact) mass is 343 g/mol. The van der Waals surface area contributed by atoms with Gasteiger partial charge in [0.25, 0.3) is 0 Å². The summed E-state index contributed by atoms with van der Waals surface area (Å²) in [5.74, 6) is 2.60. The number of aliphatic imine (C=N–C) groups is 1. The maximum Gasteiger partial charge on any atom is 0.226 e. The Bertz CT molecular complexity index is 678. The molecule has 2 N–H and O–H groups in total. The first-order valence-corrected chi connectivity index (χ1v) is 8.99. The van der Waals surface area contributed by atoms with Gasteiger partial charge in [0.2, 0.25) is 5.89 Å². The fourth-order valence-corrected chi connectivity index (χ4v) is 2.34. The molecule has 1 aromatic carbocycles. The van der Waals surface area contributed by atoms with Gasteiger partial charge < -0.3 is 15.2 Å². The van der Waals surface area contributed by atoms with Gasteiger partial charge in [-0.2, -0.15) is 4.98 Å². The number of nitrogens with zero attached hydrogens (tertiary/aromatic N) is 3. The number of nitrogens with one attached hydrogen (secondary N) is 2. The minimum Gasteiger partial charge on any atom is -0.357 e. The quantitative estimate of drug-likeness (QED) is 0.437. The molecule has 0 atom stereocenters. The molecule has 6 nitrogen and oxygen atoms in total.